The molecule has 2 aromatic rings. The van der Waals surface area contributed by atoms with Gasteiger partial charge in [0, 0.05) is 4.88 Å². The molecular formula is C17H14O5S. The molecule has 0 bridgehead atoms. The van der Waals surface area contributed by atoms with Crippen molar-refractivity contribution in [3.63, 3.8) is 0 Å². The standard InChI is InChI=1S/C17H14O5S/c18-5-1-2-14-3-4-15(23-14)13-7-11(9-16(19)20)6-12(8-13)10-17(21)22/h3-4,6-8,18H,5,9-10H2,(H,19,20)(H,21,22). The third-order valence-corrected chi connectivity index (χ3v) is 3.99. The molecule has 5 nitrogen and oxygen atoms in total. The quantitative estimate of drug-likeness (QED) is 0.729. The van der Waals surface area contributed by atoms with Gasteiger partial charge in [-0.2, -0.15) is 0 Å². The average molecular weight is 330 g/mol. The lowest BCUT2D eigenvalue weighted by molar-refractivity contribution is -0.137. The van der Waals surface area contributed by atoms with Crippen molar-refractivity contribution in [3.8, 4) is 22.3 Å². The maximum absolute atomic E-state index is 10.9. The average Bonchev–Trinajstić information content (AvgIpc) is 2.92. The third-order valence-electron chi connectivity index (χ3n) is 2.94. The topological polar surface area (TPSA) is 94.8 Å². The summed E-state index contributed by atoms with van der Waals surface area (Å²) in [6.07, 6.45) is -0.327. The molecule has 3 N–H and O–H groups in total. The zero-order valence-electron chi connectivity index (χ0n) is 12.1. The van der Waals surface area contributed by atoms with Crippen LogP contribution in [0.15, 0.2) is 30.3 Å². The number of carboxylic acid groups (broad SMARTS) is 2. The van der Waals surface area contributed by atoms with Gasteiger partial charge < -0.3 is 15.3 Å². The maximum atomic E-state index is 10.9. The molecule has 0 fully saturated rings. The first-order valence-corrected chi connectivity index (χ1v) is 7.56. The monoisotopic (exact) mass is 330 g/mol. The van der Waals surface area contributed by atoms with Crippen molar-refractivity contribution in [3.05, 3.63) is 46.3 Å². The van der Waals surface area contributed by atoms with Crippen molar-refractivity contribution in [1.82, 2.24) is 0 Å². The molecule has 0 amide bonds. The number of hydrogen-bond donors (Lipinski definition) is 3. The van der Waals surface area contributed by atoms with Gasteiger partial charge in [-0.1, -0.05) is 17.9 Å². The summed E-state index contributed by atoms with van der Waals surface area (Å²) in [5.41, 5.74) is 1.88. The zero-order chi connectivity index (χ0) is 16.8. The predicted octanol–water partition coefficient (Wildman–Crippen LogP) is 2.01. The number of rotatable bonds is 5. The van der Waals surface area contributed by atoms with Crippen molar-refractivity contribution in [2.24, 2.45) is 0 Å². The SMILES string of the molecule is O=C(O)Cc1cc(CC(=O)O)cc(-c2ccc(C#CCO)s2)c1. The summed E-state index contributed by atoms with van der Waals surface area (Å²) in [6.45, 7) is -0.218. The molecule has 0 radical (unpaired) electrons. The summed E-state index contributed by atoms with van der Waals surface area (Å²) in [5, 5.41) is 26.6. The van der Waals surface area contributed by atoms with E-state index in [1.807, 2.05) is 12.1 Å². The Balaban J connectivity index is 2.41. The molecule has 1 aromatic carbocycles. The van der Waals surface area contributed by atoms with Crippen LogP contribution in [-0.2, 0) is 22.4 Å². The third kappa shape index (κ3) is 4.95. The maximum Gasteiger partial charge on any atom is 0.307 e. The summed E-state index contributed by atoms with van der Waals surface area (Å²) in [4.78, 5) is 23.5. The first kappa shape index (κ1) is 16.7. The van der Waals surface area contributed by atoms with Gasteiger partial charge in [0.25, 0.3) is 0 Å². The largest absolute Gasteiger partial charge is 0.481 e. The van der Waals surface area contributed by atoms with E-state index in [0.29, 0.717) is 11.1 Å². The van der Waals surface area contributed by atoms with E-state index in [9.17, 15) is 9.59 Å². The molecule has 0 aliphatic carbocycles. The van der Waals surface area contributed by atoms with Crippen LogP contribution in [0.25, 0.3) is 10.4 Å². The van der Waals surface area contributed by atoms with Crippen LogP contribution in [0.4, 0.5) is 0 Å². The minimum atomic E-state index is -0.968. The lowest BCUT2D eigenvalue weighted by Crippen LogP contribution is -2.04. The van der Waals surface area contributed by atoms with Crippen molar-refractivity contribution >= 4 is 23.3 Å². The lowest BCUT2D eigenvalue weighted by atomic mass is 10.0. The Morgan fingerprint density at radius 3 is 2.13 bits per heavy atom. The highest BCUT2D eigenvalue weighted by atomic mass is 32.1. The predicted molar refractivity (Wildman–Crippen MR) is 86.4 cm³/mol. The molecular weight excluding hydrogens is 316 g/mol. The minimum Gasteiger partial charge on any atom is -0.481 e. The highest BCUT2D eigenvalue weighted by Gasteiger charge is 2.10. The van der Waals surface area contributed by atoms with E-state index in [1.54, 1.807) is 18.2 Å². The van der Waals surface area contributed by atoms with Crippen LogP contribution >= 0.6 is 11.3 Å². The highest BCUT2D eigenvalue weighted by Crippen LogP contribution is 2.29. The summed E-state index contributed by atoms with van der Waals surface area (Å²) in [6, 6.07) is 8.74. The summed E-state index contributed by atoms with van der Waals surface area (Å²) in [5.74, 6) is 3.44. The molecule has 1 heterocycles. The van der Waals surface area contributed by atoms with Gasteiger partial charge in [0.2, 0.25) is 0 Å². The Bertz CT molecular complexity index is 761. The molecule has 23 heavy (non-hydrogen) atoms. The Kier molecular flexibility index (Phi) is 5.52. The van der Waals surface area contributed by atoms with Gasteiger partial charge in [-0.05, 0) is 41.0 Å². The summed E-state index contributed by atoms with van der Waals surface area (Å²) >= 11 is 1.40. The molecule has 1 aromatic heterocycles. The molecule has 0 saturated carbocycles. The van der Waals surface area contributed by atoms with E-state index < -0.39 is 11.9 Å². The number of aliphatic carboxylic acids is 2. The zero-order valence-corrected chi connectivity index (χ0v) is 12.9. The van der Waals surface area contributed by atoms with Crippen LogP contribution in [-0.4, -0.2) is 33.9 Å². The van der Waals surface area contributed by atoms with E-state index in [4.69, 9.17) is 15.3 Å². The van der Waals surface area contributed by atoms with Crippen molar-refractivity contribution in [2.75, 3.05) is 6.61 Å². The van der Waals surface area contributed by atoms with Crippen LogP contribution in [0, 0.1) is 11.8 Å². The van der Waals surface area contributed by atoms with Crippen LogP contribution in [0.5, 0.6) is 0 Å². The molecule has 0 aliphatic heterocycles. The lowest BCUT2D eigenvalue weighted by Gasteiger charge is -2.06. The Morgan fingerprint density at radius 2 is 1.61 bits per heavy atom. The number of thiophene rings is 1. The summed E-state index contributed by atoms with van der Waals surface area (Å²) < 4.78 is 0. The molecule has 0 atom stereocenters. The van der Waals surface area contributed by atoms with Gasteiger partial charge in [-0.25, -0.2) is 0 Å². The van der Waals surface area contributed by atoms with Gasteiger partial charge in [-0.15, -0.1) is 11.3 Å². The Labute approximate surface area is 136 Å². The fourth-order valence-corrected chi connectivity index (χ4v) is 3.01. The van der Waals surface area contributed by atoms with Gasteiger partial charge in [-0.3, -0.25) is 9.59 Å². The molecule has 0 aliphatic rings. The molecule has 2 rings (SSSR count). The van der Waals surface area contributed by atoms with Crippen LogP contribution in [0.3, 0.4) is 0 Å². The smallest absolute Gasteiger partial charge is 0.307 e. The molecule has 0 unspecified atom stereocenters. The normalized spacial score (nSPS) is 9.96. The summed E-state index contributed by atoms with van der Waals surface area (Å²) in [7, 11) is 0. The number of carboxylic acids is 2. The van der Waals surface area contributed by atoms with E-state index >= 15 is 0 Å². The number of aliphatic hydroxyl groups is 1. The van der Waals surface area contributed by atoms with E-state index in [-0.39, 0.29) is 19.4 Å². The van der Waals surface area contributed by atoms with Crippen molar-refractivity contribution in [1.29, 1.82) is 0 Å². The number of aliphatic hydroxyl groups excluding tert-OH is 1. The second-order valence-corrected chi connectivity index (χ2v) is 5.89. The van der Waals surface area contributed by atoms with Crippen LogP contribution in [0.2, 0.25) is 0 Å². The molecule has 0 spiro atoms. The Hall–Kier alpha value is -2.62. The van der Waals surface area contributed by atoms with Gasteiger partial charge in [0.15, 0.2) is 0 Å². The Morgan fingerprint density at radius 1 is 1.00 bits per heavy atom. The number of benzene rings is 1. The van der Waals surface area contributed by atoms with E-state index in [0.717, 1.165) is 15.3 Å². The fraction of sp³-hybridized carbons (Fsp3) is 0.176. The fourth-order valence-electron chi connectivity index (χ4n) is 2.15. The molecule has 0 saturated heterocycles. The van der Waals surface area contributed by atoms with Crippen LogP contribution in [0.1, 0.15) is 16.0 Å². The van der Waals surface area contributed by atoms with E-state index in [1.165, 1.54) is 11.3 Å². The number of carbonyl (C=O) groups is 2. The van der Waals surface area contributed by atoms with Gasteiger partial charge in [0.1, 0.15) is 6.61 Å². The van der Waals surface area contributed by atoms with E-state index in [2.05, 4.69) is 11.8 Å². The van der Waals surface area contributed by atoms with Crippen molar-refractivity contribution < 1.29 is 24.9 Å². The van der Waals surface area contributed by atoms with Gasteiger partial charge >= 0.3 is 11.9 Å². The highest BCUT2D eigenvalue weighted by molar-refractivity contribution is 7.16. The number of hydrogen-bond acceptors (Lipinski definition) is 4. The first-order valence-electron chi connectivity index (χ1n) is 6.74. The molecule has 6 heteroatoms. The van der Waals surface area contributed by atoms with Crippen LogP contribution < -0.4 is 0 Å². The molecule has 118 valence electrons. The second-order valence-electron chi connectivity index (χ2n) is 4.80. The first-order chi connectivity index (χ1) is 11.0. The van der Waals surface area contributed by atoms with Crippen molar-refractivity contribution in [2.45, 2.75) is 12.8 Å². The van der Waals surface area contributed by atoms with Gasteiger partial charge in [0.05, 0.1) is 17.7 Å². The minimum absolute atomic E-state index is 0.164. The second kappa shape index (κ2) is 7.58.